The van der Waals surface area contributed by atoms with E-state index in [1.807, 2.05) is 25.1 Å². The molecule has 3 N–H and O–H groups in total. The average molecular weight is 234 g/mol. The highest BCUT2D eigenvalue weighted by Gasteiger charge is 2.26. The van der Waals surface area contributed by atoms with Gasteiger partial charge < -0.3 is 10.8 Å². The number of para-hydroxylation sites is 1. The van der Waals surface area contributed by atoms with Crippen molar-refractivity contribution in [2.75, 3.05) is 13.1 Å². The first-order valence-corrected chi connectivity index (χ1v) is 5.87. The Balaban J connectivity index is 2.03. The van der Waals surface area contributed by atoms with Gasteiger partial charge in [-0.15, -0.1) is 0 Å². The topological polar surface area (TPSA) is 66.6 Å². The van der Waals surface area contributed by atoms with E-state index in [9.17, 15) is 9.90 Å². The highest BCUT2D eigenvalue weighted by atomic mass is 16.3. The van der Waals surface area contributed by atoms with Gasteiger partial charge in [0.1, 0.15) is 5.75 Å². The first kappa shape index (κ1) is 11.9. The lowest BCUT2D eigenvalue weighted by molar-refractivity contribution is -0.121. The third-order valence-corrected chi connectivity index (χ3v) is 3.39. The van der Waals surface area contributed by atoms with Crippen molar-refractivity contribution in [3.05, 3.63) is 29.3 Å². The normalized spacial score (nSPS) is 20.6. The van der Waals surface area contributed by atoms with Crippen LogP contribution in [0.2, 0.25) is 0 Å². The largest absolute Gasteiger partial charge is 0.507 e. The number of carbonyl (C=O) groups is 1. The minimum Gasteiger partial charge on any atom is -0.507 e. The molecule has 1 unspecified atom stereocenters. The average Bonchev–Trinajstić information content (AvgIpc) is 2.73. The third kappa shape index (κ3) is 2.58. The zero-order chi connectivity index (χ0) is 12.4. The maximum Gasteiger partial charge on any atom is 0.221 e. The zero-order valence-corrected chi connectivity index (χ0v) is 10.0. The second-order valence-corrected chi connectivity index (χ2v) is 4.71. The fourth-order valence-corrected chi connectivity index (χ4v) is 2.30. The van der Waals surface area contributed by atoms with E-state index < -0.39 is 0 Å². The maximum absolute atomic E-state index is 11.1. The Morgan fingerprint density at radius 2 is 2.35 bits per heavy atom. The number of carbonyl (C=O) groups excluding carboxylic acids is 1. The van der Waals surface area contributed by atoms with Crippen LogP contribution in [0.15, 0.2) is 18.2 Å². The Morgan fingerprint density at radius 3 is 3.00 bits per heavy atom. The molecule has 0 spiro atoms. The lowest BCUT2D eigenvalue weighted by Crippen LogP contribution is -2.27. The number of hydrogen-bond acceptors (Lipinski definition) is 3. The molecule has 1 atom stereocenters. The molecular weight excluding hydrogens is 216 g/mol. The van der Waals surface area contributed by atoms with Crippen LogP contribution < -0.4 is 5.73 Å². The molecule has 1 aliphatic heterocycles. The van der Waals surface area contributed by atoms with Crippen LogP contribution in [0.1, 0.15) is 17.5 Å². The molecule has 1 amide bonds. The van der Waals surface area contributed by atoms with Gasteiger partial charge in [-0.05, 0) is 25.5 Å². The molecule has 0 saturated carbocycles. The van der Waals surface area contributed by atoms with Crippen LogP contribution in [-0.4, -0.2) is 29.0 Å². The van der Waals surface area contributed by atoms with E-state index in [2.05, 4.69) is 4.90 Å². The summed E-state index contributed by atoms with van der Waals surface area (Å²) in [6.45, 7) is 4.12. The van der Waals surface area contributed by atoms with Gasteiger partial charge in [-0.1, -0.05) is 18.2 Å². The number of primary amides is 1. The van der Waals surface area contributed by atoms with E-state index in [1.165, 1.54) is 0 Å². The van der Waals surface area contributed by atoms with Gasteiger partial charge in [0.15, 0.2) is 0 Å². The molecule has 17 heavy (non-hydrogen) atoms. The monoisotopic (exact) mass is 234 g/mol. The number of phenols is 1. The Kier molecular flexibility index (Phi) is 3.33. The van der Waals surface area contributed by atoms with Gasteiger partial charge in [0, 0.05) is 18.7 Å². The van der Waals surface area contributed by atoms with Crippen LogP contribution in [0.4, 0.5) is 0 Å². The summed E-state index contributed by atoms with van der Waals surface area (Å²) >= 11 is 0. The SMILES string of the molecule is Cc1cccc(CN2CCC(C(N)=O)C2)c1O. The van der Waals surface area contributed by atoms with Crippen molar-refractivity contribution >= 4 is 5.91 Å². The van der Waals surface area contributed by atoms with E-state index in [-0.39, 0.29) is 11.8 Å². The van der Waals surface area contributed by atoms with E-state index in [0.717, 1.165) is 24.1 Å². The Labute approximate surface area is 101 Å². The highest BCUT2D eigenvalue weighted by Crippen LogP contribution is 2.25. The summed E-state index contributed by atoms with van der Waals surface area (Å²) in [7, 11) is 0. The highest BCUT2D eigenvalue weighted by molar-refractivity contribution is 5.77. The number of rotatable bonds is 3. The smallest absolute Gasteiger partial charge is 0.221 e. The van der Waals surface area contributed by atoms with E-state index in [4.69, 9.17) is 5.73 Å². The van der Waals surface area contributed by atoms with E-state index in [0.29, 0.717) is 18.8 Å². The molecule has 1 saturated heterocycles. The van der Waals surface area contributed by atoms with Gasteiger partial charge in [0.05, 0.1) is 5.92 Å². The first-order valence-electron chi connectivity index (χ1n) is 5.87. The molecule has 92 valence electrons. The summed E-state index contributed by atoms with van der Waals surface area (Å²) in [4.78, 5) is 13.2. The van der Waals surface area contributed by atoms with Crippen LogP contribution in [0.25, 0.3) is 0 Å². The molecule has 4 heteroatoms. The molecule has 0 radical (unpaired) electrons. The summed E-state index contributed by atoms with van der Waals surface area (Å²) < 4.78 is 0. The lowest BCUT2D eigenvalue weighted by Gasteiger charge is -2.16. The molecule has 0 bridgehead atoms. The van der Waals surface area contributed by atoms with Gasteiger partial charge in [0.2, 0.25) is 5.91 Å². The number of benzene rings is 1. The summed E-state index contributed by atoms with van der Waals surface area (Å²) in [5.41, 5.74) is 7.09. The number of phenolic OH excluding ortho intramolecular Hbond substituents is 1. The van der Waals surface area contributed by atoms with E-state index in [1.54, 1.807) is 0 Å². The van der Waals surface area contributed by atoms with Crippen LogP contribution in [-0.2, 0) is 11.3 Å². The van der Waals surface area contributed by atoms with Crippen LogP contribution in [0.3, 0.4) is 0 Å². The Morgan fingerprint density at radius 1 is 1.59 bits per heavy atom. The van der Waals surface area contributed by atoms with Crippen molar-refractivity contribution in [1.82, 2.24) is 4.90 Å². The van der Waals surface area contributed by atoms with Gasteiger partial charge in [0.25, 0.3) is 0 Å². The summed E-state index contributed by atoms with van der Waals surface area (Å²) in [6.07, 6.45) is 0.821. The molecule has 1 aromatic rings. The minimum absolute atomic E-state index is 0.0399. The number of hydrogen-bond donors (Lipinski definition) is 2. The van der Waals surface area contributed by atoms with Gasteiger partial charge in [-0.2, -0.15) is 0 Å². The van der Waals surface area contributed by atoms with Crippen LogP contribution in [0.5, 0.6) is 5.75 Å². The minimum atomic E-state index is -0.221. The standard InChI is InChI=1S/C13H18N2O2/c1-9-3-2-4-10(12(9)16)7-15-6-5-11(8-15)13(14)17/h2-4,11,16H,5-8H2,1H3,(H2,14,17). The second-order valence-electron chi connectivity index (χ2n) is 4.71. The Hall–Kier alpha value is -1.55. The molecule has 0 aromatic heterocycles. The molecule has 0 aliphatic carbocycles. The van der Waals surface area contributed by atoms with Crippen LogP contribution >= 0.6 is 0 Å². The number of likely N-dealkylation sites (tertiary alicyclic amines) is 1. The molecular formula is C13H18N2O2. The first-order chi connectivity index (χ1) is 8.08. The quantitative estimate of drug-likeness (QED) is 0.820. The van der Waals surface area contributed by atoms with Crippen LogP contribution in [0, 0.1) is 12.8 Å². The number of aryl methyl sites for hydroxylation is 1. The number of nitrogens with zero attached hydrogens (tertiary/aromatic N) is 1. The van der Waals surface area contributed by atoms with Gasteiger partial charge >= 0.3 is 0 Å². The van der Waals surface area contributed by atoms with Crippen molar-refractivity contribution in [2.45, 2.75) is 19.9 Å². The Bertz CT molecular complexity index is 431. The lowest BCUT2D eigenvalue weighted by atomic mass is 10.1. The molecule has 1 heterocycles. The summed E-state index contributed by atoms with van der Waals surface area (Å²) in [6, 6.07) is 5.74. The van der Waals surface area contributed by atoms with E-state index >= 15 is 0 Å². The van der Waals surface area contributed by atoms with Crippen molar-refractivity contribution in [2.24, 2.45) is 11.7 Å². The molecule has 2 rings (SSSR count). The third-order valence-electron chi connectivity index (χ3n) is 3.39. The molecule has 1 aliphatic rings. The molecule has 1 aromatic carbocycles. The van der Waals surface area contributed by atoms with Crippen molar-refractivity contribution in [3.63, 3.8) is 0 Å². The molecule has 1 fully saturated rings. The van der Waals surface area contributed by atoms with Crippen molar-refractivity contribution < 1.29 is 9.90 Å². The summed E-state index contributed by atoms with van der Waals surface area (Å²) in [5, 5.41) is 9.91. The fourth-order valence-electron chi connectivity index (χ4n) is 2.30. The second kappa shape index (κ2) is 4.75. The maximum atomic E-state index is 11.1. The zero-order valence-electron chi connectivity index (χ0n) is 10.0. The van der Waals surface area contributed by atoms with Gasteiger partial charge in [-0.25, -0.2) is 0 Å². The number of nitrogens with two attached hydrogens (primary N) is 1. The molecule has 4 nitrogen and oxygen atoms in total. The predicted octanol–water partition coefficient (Wildman–Crippen LogP) is 1.01. The van der Waals surface area contributed by atoms with Gasteiger partial charge in [-0.3, -0.25) is 9.69 Å². The van der Waals surface area contributed by atoms with Crippen molar-refractivity contribution in [3.8, 4) is 5.75 Å². The van der Waals surface area contributed by atoms with Crippen molar-refractivity contribution in [1.29, 1.82) is 0 Å². The number of aromatic hydroxyl groups is 1. The summed E-state index contributed by atoms with van der Waals surface area (Å²) in [5.74, 6) is 0.0953. The fraction of sp³-hybridized carbons (Fsp3) is 0.462. The predicted molar refractivity (Wildman–Crippen MR) is 65.4 cm³/mol. The number of amides is 1.